The van der Waals surface area contributed by atoms with E-state index >= 15 is 0 Å². The van der Waals surface area contributed by atoms with E-state index in [9.17, 15) is 0 Å². The summed E-state index contributed by atoms with van der Waals surface area (Å²) in [6.45, 7) is 0. The van der Waals surface area contributed by atoms with Crippen molar-refractivity contribution in [2.24, 2.45) is 0 Å². The first kappa shape index (κ1) is 37.3. The fourth-order valence-corrected chi connectivity index (χ4v) is 9.92. The van der Waals surface area contributed by atoms with E-state index in [0.717, 1.165) is 33.9 Å². The van der Waals surface area contributed by atoms with Crippen molar-refractivity contribution in [3.8, 4) is 50.2 Å². The monoisotopic (exact) mass is 814 g/mol. The van der Waals surface area contributed by atoms with Crippen molar-refractivity contribution in [3.05, 3.63) is 255 Å². The molecule has 1 heterocycles. The van der Waals surface area contributed by atoms with Gasteiger partial charge in [0, 0.05) is 39.0 Å². The van der Waals surface area contributed by atoms with Gasteiger partial charge in [-0.15, -0.1) is 0 Å². The molecule has 64 heavy (non-hydrogen) atoms. The molecule has 0 bridgehead atoms. The molecule has 0 atom stereocenters. The van der Waals surface area contributed by atoms with Crippen molar-refractivity contribution in [1.29, 1.82) is 0 Å². The maximum absolute atomic E-state index is 2.45. The lowest BCUT2D eigenvalue weighted by Gasteiger charge is -2.29. The van der Waals surface area contributed by atoms with E-state index in [4.69, 9.17) is 0 Å². The number of hydrogen-bond donors (Lipinski definition) is 0. The molecule has 0 amide bonds. The molecule has 0 saturated heterocycles. The Hall–Kier alpha value is -8.46. The molecule has 0 aliphatic carbocycles. The normalized spacial score (nSPS) is 11.4. The molecular weight excluding hydrogens is 773 g/mol. The van der Waals surface area contributed by atoms with Gasteiger partial charge in [0.25, 0.3) is 0 Å². The molecule has 0 unspecified atom stereocenters. The van der Waals surface area contributed by atoms with Gasteiger partial charge in [0.2, 0.25) is 0 Å². The molecule has 0 fully saturated rings. The third-order valence-electron chi connectivity index (χ3n) is 12.8. The minimum absolute atomic E-state index is 1.07. The van der Waals surface area contributed by atoms with Crippen LogP contribution in [-0.2, 0) is 0 Å². The maximum atomic E-state index is 2.45. The molecule has 0 N–H and O–H groups in total. The first-order valence-corrected chi connectivity index (χ1v) is 22.0. The quantitative estimate of drug-likeness (QED) is 0.148. The van der Waals surface area contributed by atoms with Gasteiger partial charge in [0.05, 0.1) is 16.7 Å². The van der Waals surface area contributed by atoms with Crippen LogP contribution in [0.1, 0.15) is 0 Å². The molecule has 0 aliphatic heterocycles. The first-order valence-electron chi connectivity index (χ1n) is 22.0. The fourth-order valence-electron chi connectivity index (χ4n) is 9.92. The van der Waals surface area contributed by atoms with Gasteiger partial charge in [-0.1, -0.05) is 206 Å². The third-order valence-corrected chi connectivity index (χ3v) is 12.8. The topological polar surface area (TPSA) is 8.17 Å². The van der Waals surface area contributed by atoms with Crippen LogP contribution in [0.5, 0.6) is 0 Å². The highest BCUT2D eigenvalue weighted by Gasteiger charge is 2.22. The Bertz CT molecular complexity index is 3650. The van der Waals surface area contributed by atoms with Crippen LogP contribution in [0.25, 0.3) is 93.5 Å². The van der Waals surface area contributed by atoms with E-state index in [-0.39, 0.29) is 0 Å². The Morgan fingerprint density at radius 3 is 1.67 bits per heavy atom. The molecule has 0 spiro atoms. The van der Waals surface area contributed by atoms with Gasteiger partial charge in [-0.05, 0) is 103 Å². The van der Waals surface area contributed by atoms with Crippen molar-refractivity contribution in [2.75, 3.05) is 4.90 Å². The first-order chi connectivity index (χ1) is 31.8. The molecule has 12 rings (SSSR count). The molecule has 1 aromatic heterocycles. The predicted octanol–water partition coefficient (Wildman–Crippen LogP) is 17.2. The Morgan fingerprint density at radius 2 is 0.844 bits per heavy atom. The second-order valence-electron chi connectivity index (χ2n) is 16.4. The van der Waals surface area contributed by atoms with Gasteiger partial charge in [-0.25, -0.2) is 0 Å². The summed E-state index contributed by atoms with van der Waals surface area (Å²) >= 11 is 0. The summed E-state index contributed by atoms with van der Waals surface area (Å²) in [5, 5.41) is 7.42. The van der Waals surface area contributed by atoms with Crippen LogP contribution < -0.4 is 4.90 Å². The van der Waals surface area contributed by atoms with Crippen LogP contribution >= 0.6 is 0 Å². The van der Waals surface area contributed by atoms with Gasteiger partial charge in [-0.3, -0.25) is 0 Å². The van der Waals surface area contributed by atoms with Gasteiger partial charge < -0.3 is 9.47 Å². The zero-order valence-corrected chi connectivity index (χ0v) is 35.1. The standard InChI is InChI=1S/C62H42N2/c1-3-18-44(19-4-1)53-32-15-22-46-23-16-34-57(61(46)53)55-29-9-11-36-59(55)63(49-40-38-45(39-41-49)52-31-14-21-43-20-7-8-28-51(43)52)50-27-13-24-47(42-50)54-33-17-35-58-56-30-10-12-37-60(56)64(62(54)58)48-25-5-2-6-26-48/h1-42H. The Kier molecular flexibility index (Phi) is 9.20. The highest BCUT2D eigenvalue weighted by atomic mass is 15.1. The van der Waals surface area contributed by atoms with E-state index < -0.39 is 0 Å². The van der Waals surface area contributed by atoms with E-state index in [1.54, 1.807) is 0 Å². The van der Waals surface area contributed by atoms with Gasteiger partial charge in [0.1, 0.15) is 0 Å². The lowest BCUT2D eigenvalue weighted by atomic mass is 9.90. The molecule has 2 heteroatoms. The summed E-state index contributed by atoms with van der Waals surface area (Å²) in [5.41, 5.74) is 16.3. The number of aromatic nitrogens is 1. The minimum Gasteiger partial charge on any atom is -0.310 e. The third kappa shape index (κ3) is 6.35. The van der Waals surface area contributed by atoms with Crippen molar-refractivity contribution in [3.63, 3.8) is 0 Å². The second-order valence-corrected chi connectivity index (χ2v) is 16.4. The number of fused-ring (bicyclic) bond motifs is 5. The summed E-state index contributed by atoms with van der Waals surface area (Å²) in [5.74, 6) is 0. The molecule has 12 aromatic rings. The highest BCUT2D eigenvalue weighted by Crippen LogP contribution is 2.46. The molecule has 0 aliphatic rings. The van der Waals surface area contributed by atoms with E-state index in [0.29, 0.717) is 0 Å². The van der Waals surface area contributed by atoms with Crippen LogP contribution in [-0.4, -0.2) is 4.57 Å². The molecular formula is C62H42N2. The fraction of sp³-hybridized carbons (Fsp3) is 0. The lowest BCUT2D eigenvalue weighted by Crippen LogP contribution is -2.11. The van der Waals surface area contributed by atoms with E-state index in [1.165, 1.54) is 76.7 Å². The molecule has 300 valence electrons. The van der Waals surface area contributed by atoms with Crippen LogP contribution in [0.4, 0.5) is 17.1 Å². The van der Waals surface area contributed by atoms with Gasteiger partial charge in [-0.2, -0.15) is 0 Å². The largest absolute Gasteiger partial charge is 0.310 e. The smallest absolute Gasteiger partial charge is 0.0619 e. The predicted molar refractivity (Wildman–Crippen MR) is 272 cm³/mol. The Balaban J connectivity index is 1.08. The van der Waals surface area contributed by atoms with Crippen LogP contribution in [0.3, 0.4) is 0 Å². The Labute approximate surface area is 373 Å². The van der Waals surface area contributed by atoms with Crippen molar-refractivity contribution < 1.29 is 0 Å². The summed E-state index contributed by atoms with van der Waals surface area (Å²) in [7, 11) is 0. The summed E-state index contributed by atoms with van der Waals surface area (Å²) in [6, 6.07) is 92.7. The van der Waals surface area contributed by atoms with Gasteiger partial charge in [0.15, 0.2) is 0 Å². The van der Waals surface area contributed by atoms with Crippen LogP contribution in [0.15, 0.2) is 255 Å². The minimum atomic E-state index is 1.07. The van der Waals surface area contributed by atoms with Gasteiger partial charge >= 0.3 is 0 Å². The molecule has 2 nitrogen and oxygen atoms in total. The zero-order valence-electron chi connectivity index (χ0n) is 35.1. The summed E-state index contributed by atoms with van der Waals surface area (Å²) < 4.78 is 2.43. The number of nitrogens with zero attached hydrogens (tertiary/aromatic N) is 2. The van der Waals surface area contributed by atoms with E-state index in [2.05, 4.69) is 264 Å². The number of rotatable bonds is 8. The number of benzene rings is 11. The summed E-state index contributed by atoms with van der Waals surface area (Å²) in [6.07, 6.45) is 0. The van der Waals surface area contributed by atoms with Crippen molar-refractivity contribution >= 4 is 60.4 Å². The second kappa shape index (κ2) is 15.8. The lowest BCUT2D eigenvalue weighted by molar-refractivity contribution is 1.18. The number of para-hydroxylation sites is 4. The molecule has 0 saturated carbocycles. The SMILES string of the molecule is c1ccc(-c2cccc3cccc(-c4ccccc4N(c4ccc(-c5cccc6ccccc56)cc4)c4cccc(-c5cccc6c7ccccc7n(-c7ccccc7)c56)c4)c23)cc1. The Morgan fingerprint density at radius 1 is 0.297 bits per heavy atom. The molecule has 11 aromatic carbocycles. The van der Waals surface area contributed by atoms with Crippen molar-refractivity contribution in [2.45, 2.75) is 0 Å². The van der Waals surface area contributed by atoms with E-state index in [1.807, 2.05) is 0 Å². The van der Waals surface area contributed by atoms with Crippen LogP contribution in [0.2, 0.25) is 0 Å². The number of anilines is 3. The average Bonchev–Trinajstić information content (AvgIpc) is 3.72. The highest BCUT2D eigenvalue weighted by molar-refractivity contribution is 6.14. The average molecular weight is 815 g/mol. The van der Waals surface area contributed by atoms with Crippen molar-refractivity contribution in [1.82, 2.24) is 4.57 Å². The summed E-state index contributed by atoms with van der Waals surface area (Å²) in [4.78, 5) is 2.45. The number of hydrogen-bond acceptors (Lipinski definition) is 1. The zero-order chi connectivity index (χ0) is 42.4. The molecule has 0 radical (unpaired) electrons. The maximum Gasteiger partial charge on any atom is 0.0619 e. The van der Waals surface area contributed by atoms with Crippen LogP contribution in [0, 0.1) is 0 Å².